The number of imide groups is 1. The monoisotopic (exact) mass is 914 g/mol. The third kappa shape index (κ3) is 13.8. The predicted octanol–water partition coefficient (Wildman–Crippen LogP) is 4.71. The molecule has 1 atom stereocenters. The van der Waals surface area contributed by atoms with E-state index < -0.39 is 5.91 Å². The molecule has 0 spiro atoms. The molecule has 0 bridgehead atoms. The Balaban J connectivity index is 0.951. The first kappa shape index (κ1) is 46.6. The standard InChI is InChI=1S/C43H51BrN10O8/c1-28(9-16-38(57)50-27-56)54-25-33-32(42(54)60)6-5-7-34(33)51-39(58)8-3-4-17-45-18-20-62-21-19-46-41(59)30-12-15-35(37(22-30)61-2)52-43-48-24-36(49-26-55)40(53-43)47-23-29-10-13-31(44)14-11-29/h5-7,10-15,22,24,26-28,45H,3-4,8-9,16-21,23,25H2,1-2H3,(H,46,59)(H,49,55)(H,51,58)(H,50,56,57)(H2,47,48,52,53). The molecule has 19 heteroatoms. The molecule has 0 saturated heterocycles. The summed E-state index contributed by atoms with van der Waals surface area (Å²) in [5.41, 5.74) is 4.23. The summed E-state index contributed by atoms with van der Waals surface area (Å²) in [6.07, 6.45) is 4.67. The molecule has 0 saturated carbocycles. The van der Waals surface area contributed by atoms with Gasteiger partial charge < -0.3 is 46.3 Å². The molecule has 0 aliphatic carbocycles. The van der Waals surface area contributed by atoms with Gasteiger partial charge in [-0.15, -0.1) is 0 Å². The highest BCUT2D eigenvalue weighted by Crippen LogP contribution is 2.32. The highest BCUT2D eigenvalue weighted by Gasteiger charge is 2.32. The largest absolute Gasteiger partial charge is 0.495 e. The summed E-state index contributed by atoms with van der Waals surface area (Å²) in [7, 11) is 1.49. The molecule has 1 aliphatic heterocycles. The van der Waals surface area contributed by atoms with E-state index in [1.807, 2.05) is 31.2 Å². The van der Waals surface area contributed by atoms with Gasteiger partial charge in [-0.25, -0.2) is 4.98 Å². The number of nitrogens with one attached hydrogen (secondary N) is 7. The molecule has 1 aromatic heterocycles. The number of benzene rings is 3. The number of halogens is 1. The van der Waals surface area contributed by atoms with Crippen LogP contribution in [0.4, 0.5) is 28.8 Å². The Hall–Kier alpha value is -6.44. The smallest absolute Gasteiger partial charge is 0.254 e. The maximum atomic E-state index is 13.0. The van der Waals surface area contributed by atoms with Gasteiger partial charge in [-0.05, 0) is 80.8 Å². The number of hydrogen-bond acceptors (Lipinski definition) is 13. The number of amides is 6. The number of nitrogens with zero attached hydrogens (tertiary/aromatic N) is 3. The minimum absolute atomic E-state index is 0.119. The third-order valence-corrected chi connectivity index (χ3v) is 10.4. The van der Waals surface area contributed by atoms with Crippen molar-refractivity contribution in [2.75, 3.05) is 61.2 Å². The number of ether oxygens (including phenoxy) is 2. The first-order valence-electron chi connectivity index (χ1n) is 20.1. The zero-order valence-corrected chi connectivity index (χ0v) is 36.1. The average molecular weight is 916 g/mol. The molecule has 5 rings (SSSR count). The minimum atomic E-state index is -0.396. The van der Waals surface area contributed by atoms with Gasteiger partial charge in [0.2, 0.25) is 30.6 Å². The quantitative estimate of drug-likeness (QED) is 0.0335. The average Bonchev–Trinajstić information content (AvgIpc) is 3.62. The van der Waals surface area contributed by atoms with Gasteiger partial charge in [0.25, 0.3) is 11.8 Å². The van der Waals surface area contributed by atoms with Crippen molar-refractivity contribution in [2.45, 2.75) is 58.2 Å². The minimum Gasteiger partial charge on any atom is -0.495 e. The number of hydrogen-bond donors (Lipinski definition) is 7. The van der Waals surface area contributed by atoms with E-state index in [9.17, 15) is 28.8 Å². The number of rotatable bonds is 26. The molecule has 1 aliphatic rings. The first-order chi connectivity index (χ1) is 30.1. The summed E-state index contributed by atoms with van der Waals surface area (Å²) in [6, 6.07) is 17.8. The lowest BCUT2D eigenvalue weighted by Crippen LogP contribution is -2.34. The van der Waals surface area contributed by atoms with Crippen molar-refractivity contribution < 1.29 is 38.2 Å². The van der Waals surface area contributed by atoms with E-state index >= 15 is 0 Å². The lowest BCUT2D eigenvalue weighted by Gasteiger charge is -2.24. The fraction of sp³-hybridized carbons (Fsp3) is 0.349. The lowest BCUT2D eigenvalue weighted by molar-refractivity contribution is -0.125. The molecule has 3 aromatic carbocycles. The Bertz CT molecular complexity index is 2190. The highest BCUT2D eigenvalue weighted by atomic mass is 79.9. The zero-order valence-electron chi connectivity index (χ0n) is 34.6. The predicted molar refractivity (Wildman–Crippen MR) is 237 cm³/mol. The van der Waals surface area contributed by atoms with E-state index in [4.69, 9.17) is 9.47 Å². The first-order valence-corrected chi connectivity index (χ1v) is 20.9. The second kappa shape index (κ2) is 24.1. The third-order valence-electron chi connectivity index (χ3n) is 9.86. The Morgan fingerprint density at radius 1 is 0.919 bits per heavy atom. The number of aromatic nitrogens is 2. The van der Waals surface area contributed by atoms with Crippen LogP contribution in [0.3, 0.4) is 0 Å². The van der Waals surface area contributed by atoms with Crippen LogP contribution in [-0.2, 0) is 37.0 Å². The maximum absolute atomic E-state index is 13.0. The normalized spacial score (nSPS) is 12.2. The summed E-state index contributed by atoms with van der Waals surface area (Å²) < 4.78 is 12.2. The Morgan fingerprint density at radius 3 is 2.50 bits per heavy atom. The van der Waals surface area contributed by atoms with Crippen LogP contribution in [0.1, 0.15) is 70.9 Å². The van der Waals surface area contributed by atoms with Crippen LogP contribution in [0.2, 0.25) is 0 Å². The molecule has 4 aromatic rings. The molecule has 62 heavy (non-hydrogen) atoms. The second-order valence-electron chi connectivity index (χ2n) is 14.2. The van der Waals surface area contributed by atoms with Gasteiger partial charge in [0.15, 0.2) is 5.82 Å². The molecule has 1 unspecified atom stereocenters. The fourth-order valence-corrected chi connectivity index (χ4v) is 6.77. The van der Waals surface area contributed by atoms with E-state index in [1.54, 1.807) is 41.3 Å². The summed E-state index contributed by atoms with van der Waals surface area (Å²) in [5, 5.41) is 20.1. The van der Waals surface area contributed by atoms with Gasteiger partial charge in [0, 0.05) is 71.9 Å². The number of unbranched alkanes of at least 4 members (excludes halogenated alkanes) is 1. The van der Waals surface area contributed by atoms with E-state index in [0.29, 0.717) is 118 Å². The lowest BCUT2D eigenvalue weighted by atomic mass is 10.1. The van der Waals surface area contributed by atoms with Gasteiger partial charge in [0.1, 0.15) is 11.4 Å². The molecular formula is C43H51BrN10O8. The molecule has 2 heterocycles. The molecule has 328 valence electrons. The Morgan fingerprint density at radius 2 is 1.73 bits per heavy atom. The van der Waals surface area contributed by atoms with Crippen molar-refractivity contribution in [3.63, 3.8) is 0 Å². The summed E-state index contributed by atoms with van der Waals surface area (Å²) in [4.78, 5) is 82.6. The van der Waals surface area contributed by atoms with E-state index in [0.717, 1.165) is 22.0 Å². The second-order valence-corrected chi connectivity index (χ2v) is 15.1. The van der Waals surface area contributed by atoms with Crippen LogP contribution in [-0.4, -0.2) is 97.3 Å². The van der Waals surface area contributed by atoms with Crippen LogP contribution >= 0.6 is 15.9 Å². The van der Waals surface area contributed by atoms with Gasteiger partial charge in [-0.3, -0.25) is 34.1 Å². The van der Waals surface area contributed by atoms with E-state index in [2.05, 4.69) is 63.1 Å². The fourth-order valence-electron chi connectivity index (χ4n) is 6.51. The Labute approximate surface area is 367 Å². The zero-order chi connectivity index (χ0) is 44.3. The molecule has 0 radical (unpaired) electrons. The summed E-state index contributed by atoms with van der Waals surface area (Å²) in [6.45, 7) is 5.01. The van der Waals surface area contributed by atoms with Crippen LogP contribution in [0.25, 0.3) is 0 Å². The van der Waals surface area contributed by atoms with Gasteiger partial charge in [-0.2, -0.15) is 4.98 Å². The van der Waals surface area contributed by atoms with Crippen molar-refractivity contribution in [1.29, 1.82) is 0 Å². The van der Waals surface area contributed by atoms with Crippen molar-refractivity contribution in [1.82, 2.24) is 30.8 Å². The van der Waals surface area contributed by atoms with Crippen molar-refractivity contribution in [3.8, 4) is 5.75 Å². The molecule has 18 nitrogen and oxygen atoms in total. The van der Waals surface area contributed by atoms with E-state index in [-0.39, 0.29) is 36.1 Å². The van der Waals surface area contributed by atoms with Gasteiger partial charge >= 0.3 is 0 Å². The summed E-state index contributed by atoms with van der Waals surface area (Å²) in [5.74, 6) is 0.0802. The van der Waals surface area contributed by atoms with Crippen LogP contribution in [0, 0.1) is 0 Å². The van der Waals surface area contributed by atoms with Crippen LogP contribution < -0.4 is 42.0 Å². The van der Waals surface area contributed by atoms with Gasteiger partial charge in [-0.1, -0.05) is 34.1 Å². The van der Waals surface area contributed by atoms with E-state index in [1.165, 1.54) is 13.3 Å². The molecule has 7 N–H and O–H groups in total. The van der Waals surface area contributed by atoms with Crippen molar-refractivity contribution in [3.05, 3.63) is 93.6 Å². The van der Waals surface area contributed by atoms with Crippen LogP contribution in [0.5, 0.6) is 5.75 Å². The Kier molecular flexibility index (Phi) is 18.1. The molecule has 0 fully saturated rings. The number of fused-ring (bicyclic) bond motifs is 1. The molecular weight excluding hydrogens is 864 g/mol. The SMILES string of the molecule is COc1cc(C(=O)NCCOCCNCCCCC(=O)Nc2cccc3c2CN(C(C)CCC(=O)NC=O)C3=O)ccc1Nc1ncc(NC=O)c(NCc2ccc(Br)cc2)n1. The number of carbonyl (C=O) groups is 6. The number of carbonyl (C=O) groups excluding carboxylic acids is 6. The summed E-state index contributed by atoms with van der Waals surface area (Å²) >= 11 is 3.43. The number of anilines is 5. The topological polar surface area (TPSA) is 234 Å². The van der Waals surface area contributed by atoms with Crippen molar-refractivity contribution >= 4 is 81.2 Å². The number of methoxy groups -OCH3 is 1. The van der Waals surface area contributed by atoms with Gasteiger partial charge in [0.05, 0.1) is 32.2 Å². The molecule has 6 amide bonds. The van der Waals surface area contributed by atoms with Crippen molar-refractivity contribution in [2.24, 2.45) is 0 Å². The van der Waals surface area contributed by atoms with Crippen LogP contribution in [0.15, 0.2) is 71.3 Å². The maximum Gasteiger partial charge on any atom is 0.254 e. The highest BCUT2D eigenvalue weighted by molar-refractivity contribution is 9.10.